The van der Waals surface area contributed by atoms with Gasteiger partial charge in [-0.05, 0) is 12.1 Å². The lowest BCUT2D eigenvalue weighted by Crippen LogP contribution is -2.23. The van der Waals surface area contributed by atoms with E-state index in [1.807, 2.05) is 0 Å². The molecule has 1 aliphatic heterocycles. The average molecular weight is 227 g/mol. The summed E-state index contributed by atoms with van der Waals surface area (Å²) in [7, 11) is 0. The Bertz CT molecular complexity index is 436. The second-order valence-corrected chi connectivity index (χ2v) is 3.68. The fourth-order valence-electron chi connectivity index (χ4n) is 1.62. The molecule has 0 aromatic heterocycles. The first-order valence-corrected chi connectivity index (χ1v) is 4.84. The Hall–Kier alpha value is -1.85. The van der Waals surface area contributed by atoms with Crippen molar-refractivity contribution in [2.45, 2.75) is 12.5 Å². The number of halogens is 2. The van der Waals surface area contributed by atoms with Crippen LogP contribution in [0.4, 0.5) is 20.2 Å². The van der Waals surface area contributed by atoms with Gasteiger partial charge in [0.25, 0.3) is 0 Å². The molecule has 0 saturated carbocycles. The summed E-state index contributed by atoms with van der Waals surface area (Å²) in [5.74, 6) is -2.10. The zero-order chi connectivity index (χ0) is 11.7. The van der Waals surface area contributed by atoms with Gasteiger partial charge < -0.3 is 16.4 Å². The quantitative estimate of drug-likeness (QED) is 0.656. The van der Waals surface area contributed by atoms with Crippen LogP contribution < -0.4 is 16.4 Å². The SMILES string of the molecule is Nc1ccc(F)c(F)c1NC1CNC(=O)C1. The monoisotopic (exact) mass is 227 g/mol. The second-order valence-electron chi connectivity index (χ2n) is 3.68. The Kier molecular flexibility index (Phi) is 2.64. The van der Waals surface area contributed by atoms with Crippen molar-refractivity contribution >= 4 is 17.3 Å². The van der Waals surface area contributed by atoms with Gasteiger partial charge in [0.1, 0.15) is 0 Å². The number of amides is 1. The third-order valence-corrected chi connectivity index (χ3v) is 2.45. The molecular formula is C10H11F2N3O. The Morgan fingerprint density at radius 2 is 2.19 bits per heavy atom. The predicted molar refractivity (Wildman–Crippen MR) is 55.8 cm³/mol. The number of nitrogen functional groups attached to an aromatic ring is 1. The van der Waals surface area contributed by atoms with Crippen molar-refractivity contribution in [3.05, 3.63) is 23.8 Å². The molecule has 1 heterocycles. The molecule has 0 spiro atoms. The van der Waals surface area contributed by atoms with Crippen LogP contribution in [0.2, 0.25) is 0 Å². The van der Waals surface area contributed by atoms with E-state index in [0.717, 1.165) is 6.07 Å². The highest BCUT2D eigenvalue weighted by molar-refractivity contribution is 5.80. The van der Waals surface area contributed by atoms with E-state index < -0.39 is 11.6 Å². The van der Waals surface area contributed by atoms with Crippen molar-refractivity contribution < 1.29 is 13.6 Å². The summed E-state index contributed by atoms with van der Waals surface area (Å²) in [5.41, 5.74) is 5.57. The number of carbonyl (C=O) groups is 1. The van der Waals surface area contributed by atoms with Gasteiger partial charge >= 0.3 is 0 Å². The van der Waals surface area contributed by atoms with Crippen LogP contribution in [0, 0.1) is 11.6 Å². The van der Waals surface area contributed by atoms with Gasteiger partial charge in [0.05, 0.1) is 17.4 Å². The Morgan fingerprint density at radius 3 is 2.81 bits per heavy atom. The summed E-state index contributed by atoms with van der Waals surface area (Å²) in [6.45, 7) is 0.383. The van der Waals surface area contributed by atoms with Gasteiger partial charge in [-0.3, -0.25) is 4.79 Å². The van der Waals surface area contributed by atoms with E-state index in [1.54, 1.807) is 0 Å². The maximum absolute atomic E-state index is 13.4. The fourth-order valence-corrected chi connectivity index (χ4v) is 1.62. The minimum Gasteiger partial charge on any atom is -0.397 e. The first-order valence-electron chi connectivity index (χ1n) is 4.84. The van der Waals surface area contributed by atoms with Crippen LogP contribution in [-0.4, -0.2) is 18.5 Å². The van der Waals surface area contributed by atoms with E-state index in [9.17, 15) is 13.6 Å². The van der Waals surface area contributed by atoms with Crippen LogP contribution >= 0.6 is 0 Å². The number of rotatable bonds is 2. The van der Waals surface area contributed by atoms with Gasteiger partial charge in [-0.2, -0.15) is 0 Å². The molecular weight excluding hydrogens is 216 g/mol. The van der Waals surface area contributed by atoms with Crippen molar-refractivity contribution in [3.63, 3.8) is 0 Å². The third-order valence-electron chi connectivity index (χ3n) is 2.45. The summed E-state index contributed by atoms with van der Waals surface area (Å²) in [6.07, 6.45) is 0.232. The second kappa shape index (κ2) is 3.96. The number of hydrogen-bond donors (Lipinski definition) is 3. The molecule has 0 aliphatic carbocycles. The third kappa shape index (κ3) is 1.91. The number of nitrogens with two attached hydrogens (primary N) is 1. The first-order chi connectivity index (χ1) is 7.58. The average Bonchev–Trinajstić information content (AvgIpc) is 2.65. The van der Waals surface area contributed by atoms with E-state index in [0.29, 0.717) is 6.54 Å². The lowest BCUT2D eigenvalue weighted by Gasteiger charge is -2.15. The normalized spacial score (nSPS) is 19.6. The van der Waals surface area contributed by atoms with Gasteiger partial charge in [0.2, 0.25) is 5.91 Å². The summed E-state index contributed by atoms with van der Waals surface area (Å²) in [6, 6.07) is 1.99. The molecule has 1 aliphatic rings. The number of benzene rings is 1. The minimum absolute atomic E-state index is 0.0819. The Morgan fingerprint density at radius 1 is 1.44 bits per heavy atom. The van der Waals surface area contributed by atoms with Crippen molar-refractivity contribution in [1.82, 2.24) is 5.32 Å². The molecule has 16 heavy (non-hydrogen) atoms. The van der Waals surface area contributed by atoms with Crippen LogP contribution in [0.1, 0.15) is 6.42 Å². The zero-order valence-electron chi connectivity index (χ0n) is 8.39. The molecule has 6 heteroatoms. The van der Waals surface area contributed by atoms with Crippen LogP contribution in [0.5, 0.6) is 0 Å². The largest absolute Gasteiger partial charge is 0.397 e. The highest BCUT2D eigenvalue weighted by Crippen LogP contribution is 2.26. The fraction of sp³-hybridized carbons (Fsp3) is 0.300. The Labute approximate surface area is 90.8 Å². The lowest BCUT2D eigenvalue weighted by atomic mass is 10.2. The van der Waals surface area contributed by atoms with Gasteiger partial charge in [-0.1, -0.05) is 0 Å². The molecule has 86 valence electrons. The van der Waals surface area contributed by atoms with E-state index >= 15 is 0 Å². The molecule has 1 saturated heterocycles. The topological polar surface area (TPSA) is 67.2 Å². The van der Waals surface area contributed by atoms with Crippen LogP contribution in [0.25, 0.3) is 0 Å². The molecule has 4 N–H and O–H groups in total. The summed E-state index contributed by atoms with van der Waals surface area (Å²) in [4.78, 5) is 10.9. The molecule has 2 rings (SSSR count). The molecule has 1 unspecified atom stereocenters. The molecule has 4 nitrogen and oxygen atoms in total. The molecule has 0 bridgehead atoms. The summed E-state index contributed by atoms with van der Waals surface area (Å²) >= 11 is 0. The summed E-state index contributed by atoms with van der Waals surface area (Å²) < 4.78 is 26.3. The standard InChI is InChI=1S/C10H11F2N3O/c11-6-1-2-7(13)10(9(6)12)15-5-3-8(16)14-4-5/h1-2,5,15H,3-4,13H2,(H,14,16). The summed E-state index contributed by atoms with van der Waals surface area (Å²) in [5, 5.41) is 5.31. The van der Waals surface area contributed by atoms with Crippen molar-refractivity contribution in [2.75, 3.05) is 17.6 Å². The van der Waals surface area contributed by atoms with Crippen molar-refractivity contribution in [1.29, 1.82) is 0 Å². The van der Waals surface area contributed by atoms with Crippen molar-refractivity contribution in [3.8, 4) is 0 Å². The Balaban J connectivity index is 2.21. The van der Waals surface area contributed by atoms with Crippen molar-refractivity contribution in [2.24, 2.45) is 0 Å². The minimum atomic E-state index is -1.01. The zero-order valence-corrected chi connectivity index (χ0v) is 8.39. The molecule has 0 radical (unpaired) electrons. The van der Waals surface area contributed by atoms with E-state index in [1.165, 1.54) is 6.07 Å². The predicted octanol–water partition coefficient (Wildman–Crippen LogP) is 0.847. The first kappa shape index (κ1) is 10.7. The van der Waals surface area contributed by atoms with Crippen LogP contribution in [0.15, 0.2) is 12.1 Å². The van der Waals surface area contributed by atoms with Gasteiger partial charge in [-0.15, -0.1) is 0 Å². The highest BCUT2D eigenvalue weighted by Gasteiger charge is 2.23. The molecule has 1 aromatic carbocycles. The molecule has 1 amide bonds. The number of anilines is 2. The highest BCUT2D eigenvalue weighted by atomic mass is 19.2. The lowest BCUT2D eigenvalue weighted by molar-refractivity contribution is -0.119. The molecule has 1 aromatic rings. The van der Waals surface area contributed by atoms with Gasteiger partial charge in [0, 0.05) is 13.0 Å². The number of nitrogens with one attached hydrogen (secondary N) is 2. The van der Waals surface area contributed by atoms with Gasteiger partial charge in [-0.25, -0.2) is 8.78 Å². The van der Waals surface area contributed by atoms with E-state index in [-0.39, 0.29) is 29.7 Å². The molecule has 1 atom stereocenters. The number of hydrogen-bond acceptors (Lipinski definition) is 3. The van der Waals surface area contributed by atoms with E-state index in [2.05, 4.69) is 10.6 Å². The maximum Gasteiger partial charge on any atom is 0.222 e. The van der Waals surface area contributed by atoms with Crippen LogP contribution in [-0.2, 0) is 4.79 Å². The maximum atomic E-state index is 13.4. The van der Waals surface area contributed by atoms with Gasteiger partial charge in [0.15, 0.2) is 11.6 Å². The van der Waals surface area contributed by atoms with Crippen LogP contribution in [0.3, 0.4) is 0 Å². The van der Waals surface area contributed by atoms with E-state index in [4.69, 9.17) is 5.73 Å². The smallest absolute Gasteiger partial charge is 0.222 e. The number of carbonyl (C=O) groups excluding carboxylic acids is 1. The molecule has 1 fully saturated rings.